The van der Waals surface area contributed by atoms with Crippen LogP contribution in [0.1, 0.15) is 28.5 Å². The van der Waals surface area contributed by atoms with E-state index in [1.165, 1.54) is 0 Å². The summed E-state index contributed by atoms with van der Waals surface area (Å²) < 4.78 is 6.48. The lowest BCUT2D eigenvalue weighted by molar-refractivity contribution is -0.113. The molecule has 2 amide bonds. The third-order valence-electron chi connectivity index (χ3n) is 5.64. The zero-order valence-corrected chi connectivity index (χ0v) is 23.7. The molecule has 9 heteroatoms. The fourth-order valence-corrected chi connectivity index (χ4v) is 5.01. The molecule has 7 nitrogen and oxygen atoms in total. The van der Waals surface area contributed by atoms with Crippen LogP contribution in [0.2, 0.25) is 0 Å². The molecular weight excluding hydrogens is 576 g/mol. The highest BCUT2D eigenvalue weighted by Crippen LogP contribution is 2.36. The average molecular weight is 602 g/mol. The van der Waals surface area contributed by atoms with Crippen molar-refractivity contribution in [2.75, 3.05) is 23.0 Å². The minimum Gasteiger partial charge on any atom is -0.494 e. The van der Waals surface area contributed by atoms with Crippen molar-refractivity contribution in [2.45, 2.75) is 18.9 Å². The number of benzene rings is 3. The average Bonchev–Trinajstić information content (AvgIpc) is 2.94. The van der Waals surface area contributed by atoms with Crippen molar-refractivity contribution in [3.05, 3.63) is 100 Å². The molecule has 0 aliphatic heterocycles. The highest BCUT2D eigenvalue weighted by atomic mass is 79.9. The Morgan fingerprint density at radius 2 is 1.64 bits per heavy atom. The van der Waals surface area contributed by atoms with E-state index in [9.17, 15) is 14.9 Å². The molecule has 196 valence electrons. The summed E-state index contributed by atoms with van der Waals surface area (Å²) in [5.41, 5.74) is 3.38. The van der Waals surface area contributed by atoms with Crippen molar-refractivity contribution >= 4 is 50.9 Å². The molecule has 2 N–H and O–H groups in total. The number of nitriles is 1. The molecule has 0 atom stereocenters. The Hall–Kier alpha value is -4.13. The number of hydrogen-bond acceptors (Lipinski definition) is 6. The number of anilines is 2. The molecule has 0 aliphatic carbocycles. The first-order valence-electron chi connectivity index (χ1n) is 12.1. The van der Waals surface area contributed by atoms with E-state index in [2.05, 4.69) is 37.6 Å². The fraction of sp³-hybridized carbons (Fsp3) is 0.133. The molecule has 0 radical (unpaired) electrons. The third-order valence-corrected chi connectivity index (χ3v) is 7.14. The fourth-order valence-electron chi connectivity index (χ4n) is 3.92. The first-order chi connectivity index (χ1) is 18.9. The van der Waals surface area contributed by atoms with E-state index in [4.69, 9.17) is 4.74 Å². The van der Waals surface area contributed by atoms with Gasteiger partial charge in [-0.1, -0.05) is 58.0 Å². The summed E-state index contributed by atoms with van der Waals surface area (Å²) in [7, 11) is 0. The Morgan fingerprint density at radius 3 is 2.28 bits per heavy atom. The molecule has 39 heavy (non-hydrogen) atoms. The topological polar surface area (TPSA) is 104 Å². The SMILES string of the molecule is CCOc1ccc(-c2c(C#N)c(SCC(=O)Nc3ccc(Br)cc3)nc(C)c2C(=O)Nc2ccccc2)cc1. The van der Waals surface area contributed by atoms with Crippen LogP contribution in [0.15, 0.2) is 88.4 Å². The minimum absolute atomic E-state index is 0.0372. The van der Waals surface area contributed by atoms with Gasteiger partial charge in [0.25, 0.3) is 5.91 Å². The number of aromatic nitrogens is 1. The molecule has 4 aromatic rings. The lowest BCUT2D eigenvalue weighted by atomic mass is 9.94. The van der Waals surface area contributed by atoms with Gasteiger partial charge in [0.2, 0.25) is 5.91 Å². The highest BCUT2D eigenvalue weighted by molar-refractivity contribution is 9.10. The maximum absolute atomic E-state index is 13.5. The molecule has 0 fully saturated rings. The van der Waals surface area contributed by atoms with Crippen molar-refractivity contribution in [2.24, 2.45) is 0 Å². The van der Waals surface area contributed by atoms with Crippen LogP contribution in [0.5, 0.6) is 5.75 Å². The molecule has 0 saturated heterocycles. The molecule has 4 rings (SSSR count). The normalized spacial score (nSPS) is 10.4. The van der Waals surface area contributed by atoms with E-state index < -0.39 is 0 Å². The van der Waals surface area contributed by atoms with Gasteiger partial charge < -0.3 is 15.4 Å². The Morgan fingerprint density at radius 1 is 0.974 bits per heavy atom. The van der Waals surface area contributed by atoms with Crippen LogP contribution in [0, 0.1) is 18.3 Å². The van der Waals surface area contributed by atoms with Crippen molar-refractivity contribution in [3.8, 4) is 22.9 Å². The highest BCUT2D eigenvalue weighted by Gasteiger charge is 2.25. The number of thioether (sulfide) groups is 1. The van der Waals surface area contributed by atoms with Crippen LogP contribution in [-0.2, 0) is 4.79 Å². The molecule has 0 unspecified atom stereocenters. The number of halogens is 1. The van der Waals surface area contributed by atoms with Gasteiger partial charge in [-0.3, -0.25) is 9.59 Å². The van der Waals surface area contributed by atoms with E-state index in [0.29, 0.717) is 51.1 Å². The number of nitrogens with zero attached hydrogens (tertiary/aromatic N) is 2. The van der Waals surface area contributed by atoms with Gasteiger partial charge >= 0.3 is 0 Å². The third kappa shape index (κ3) is 7.05. The number of hydrogen-bond donors (Lipinski definition) is 2. The second kappa shape index (κ2) is 13.1. The van der Waals surface area contributed by atoms with Crippen molar-refractivity contribution < 1.29 is 14.3 Å². The number of aryl methyl sites for hydroxylation is 1. The number of carbonyl (C=O) groups excluding carboxylic acids is 2. The van der Waals surface area contributed by atoms with Crippen LogP contribution < -0.4 is 15.4 Å². The van der Waals surface area contributed by atoms with Gasteiger partial charge in [-0.2, -0.15) is 5.26 Å². The Balaban J connectivity index is 1.70. The van der Waals surface area contributed by atoms with Gasteiger partial charge in [0.15, 0.2) is 0 Å². The monoisotopic (exact) mass is 600 g/mol. The smallest absolute Gasteiger partial charge is 0.258 e. The van der Waals surface area contributed by atoms with Crippen LogP contribution >= 0.6 is 27.7 Å². The van der Waals surface area contributed by atoms with Gasteiger partial charge in [-0.25, -0.2) is 4.98 Å². The standard InChI is InChI=1S/C30H25BrN4O3S/c1-3-38-24-15-9-20(10-16-24)28-25(17-32)30(39-18-26(36)34-23-13-11-21(31)12-14-23)33-19(2)27(28)29(37)35-22-7-5-4-6-8-22/h4-16H,3,18H2,1-2H3,(H,34,36)(H,35,37). The summed E-state index contributed by atoms with van der Waals surface area (Å²) in [6.45, 7) is 4.15. The number of pyridine rings is 1. The summed E-state index contributed by atoms with van der Waals surface area (Å²) in [5, 5.41) is 16.4. The number of nitrogens with one attached hydrogen (secondary N) is 2. The van der Waals surface area contributed by atoms with E-state index in [1.54, 1.807) is 43.3 Å². The minimum atomic E-state index is -0.379. The van der Waals surface area contributed by atoms with Crippen LogP contribution in [0.4, 0.5) is 11.4 Å². The second-order valence-electron chi connectivity index (χ2n) is 8.36. The molecule has 3 aromatic carbocycles. The van der Waals surface area contributed by atoms with E-state index in [1.807, 2.05) is 49.4 Å². The molecule has 1 heterocycles. The molecule has 0 aliphatic rings. The number of carbonyl (C=O) groups is 2. The van der Waals surface area contributed by atoms with Crippen molar-refractivity contribution in [3.63, 3.8) is 0 Å². The Bertz CT molecular complexity index is 1520. The summed E-state index contributed by atoms with van der Waals surface area (Å²) in [6, 6.07) is 25.8. The second-order valence-corrected chi connectivity index (χ2v) is 10.2. The van der Waals surface area contributed by atoms with Gasteiger partial charge in [0, 0.05) is 21.4 Å². The lowest BCUT2D eigenvalue weighted by Gasteiger charge is -2.17. The molecule has 0 spiro atoms. The quantitative estimate of drug-likeness (QED) is 0.199. The van der Waals surface area contributed by atoms with Crippen LogP contribution in [-0.4, -0.2) is 29.2 Å². The zero-order valence-electron chi connectivity index (χ0n) is 21.3. The maximum atomic E-state index is 13.5. The number of para-hydroxylation sites is 1. The first kappa shape index (κ1) is 27.9. The predicted molar refractivity (Wildman–Crippen MR) is 158 cm³/mol. The summed E-state index contributed by atoms with van der Waals surface area (Å²) in [6.07, 6.45) is 0. The summed E-state index contributed by atoms with van der Waals surface area (Å²) >= 11 is 4.53. The van der Waals surface area contributed by atoms with E-state index in [-0.39, 0.29) is 23.1 Å². The number of ether oxygens (including phenoxy) is 1. The summed E-state index contributed by atoms with van der Waals surface area (Å²) in [5.74, 6) is 0.102. The molecule has 0 bridgehead atoms. The van der Waals surface area contributed by atoms with E-state index >= 15 is 0 Å². The largest absolute Gasteiger partial charge is 0.494 e. The maximum Gasteiger partial charge on any atom is 0.258 e. The summed E-state index contributed by atoms with van der Waals surface area (Å²) in [4.78, 5) is 30.8. The van der Waals surface area contributed by atoms with E-state index in [0.717, 1.165) is 16.2 Å². The zero-order chi connectivity index (χ0) is 27.8. The van der Waals surface area contributed by atoms with Gasteiger partial charge in [0.1, 0.15) is 16.8 Å². The van der Waals surface area contributed by atoms with Crippen LogP contribution in [0.3, 0.4) is 0 Å². The number of rotatable bonds is 9. The molecule has 0 saturated carbocycles. The first-order valence-corrected chi connectivity index (χ1v) is 13.9. The van der Waals surface area contributed by atoms with Gasteiger partial charge in [0.05, 0.1) is 29.2 Å². The number of amides is 2. The lowest BCUT2D eigenvalue weighted by Crippen LogP contribution is -2.18. The van der Waals surface area contributed by atoms with Gasteiger partial charge in [-0.05, 0) is 67.9 Å². The Kier molecular flexibility index (Phi) is 9.36. The Labute approximate surface area is 239 Å². The molecule has 1 aromatic heterocycles. The predicted octanol–water partition coefficient (Wildman–Crippen LogP) is 7.07. The van der Waals surface area contributed by atoms with Crippen LogP contribution in [0.25, 0.3) is 11.1 Å². The van der Waals surface area contributed by atoms with Gasteiger partial charge in [-0.15, -0.1) is 0 Å². The van der Waals surface area contributed by atoms with Crippen molar-refractivity contribution in [1.82, 2.24) is 4.98 Å². The van der Waals surface area contributed by atoms with Crippen molar-refractivity contribution in [1.29, 1.82) is 5.26 Å². The molecular formula is C30H25BrN4O3S.